The molecule has 2 heterocycles. The quantitative estimate of drug-likeness (QED) is 0.800. The summed E-state index contributed by atoms with van der Waals surface area (Å²) in [4.78, 5) is 1.35. The van der Waals surface area contributed by atoms with Crippen molar-refractivity contribution >= 4 is 33.0 Å². The summed E-state index contributed by atoms with van der Waals surface area (Å²) in [5.41, 5.74) is 0. The van der Waals surface area contributed by atoms with E-state index >= 15 is 0 Å². The number of nitrogens with zero attached hydrogens (tertiary/aromatic N) is 1. The zero-order chi connectivity index (χ0) is 13.5. The van der Waals surface area contributed by atoms with Gasteiger partial charge in [-0.3, -0.25) is 0 Å². The number of fused-ring (bicyclic) bond motifs is 1. The molecule has 1 saturated carbocycles. The van der Waals surface area contributed by atoms with Gasteiger partial charge in [0.1, 0.15) is 0 Å². The Morgan fingerprint density at radius 3 is 2.84 bits per heavy atom. The molecular weight excluding hydrogens is 302 g/mol. The monoisotopic (exact) mass is 319 g/mol. The van der Waals surface area contributed by atoms with Gasteiger partial charge in [-0.1, -0.05) is 12.8 Å². The van der Waals surface area contributed by atoms with Crippen molar-refractivity contribution < 1.29 is 8.42 Å². The van der Waals surface area contributed by atoms with Gasteiger partial charge in [0.15, 0.2) is 0 Å². The summed E-state index contributed by atoms with van der Waals surface area (Å²) in [7, 11) is -3.31. The van der Waals surface area contributed by atoms with E-state index in [2.05, 4.69) is 0 Å². The lowest BCUT2D eigenvalue weighted by Gasteiger charge is -2.30. The summed E-state index contributed by atoms with van der Waals surface area (Å²) in [6.07, 6.45) is 5.65. The van der Waals surface area contributed by atoms with Crippen LogP contribution in [0, 0.1) is 5.92 Å². The Morgan fingerprint density at radius 2 is 2.11 bits per heavy atom. The summed E-state index contributed by atoms with van der Waals surface area (Å²) >= 11 is 7.19. The van der Waals surface area contributed by atoms with Gasteiger partial charge in [-0.25, -0.2) is 8.42 Å². The van der Waals surface area contributed by atoms with Crippen LogP contribution < -0.4 is 0 Å². The maximum absolute atomic E-state index is 12.7. The number of halogens is 1. The van der Waals surface area contributed by atoms with Crippen molar-refractivity contribution in [3.63, 3.8) is 0 Å². The third-order valence-corrected chi connectivity index (χ3v) is 7.76. The molecule has 1 aliphatic heterocycles. The Kier molecular flexibility index (Phi) is 3.91. The van der Waals surface area contributed by atoms with Crippen molar-refractivity contribution in [2.45, 2.75) is 48.9 Å². The molecule has 106 valence electrons. The van der Waals surface area contributed by atoms with Crippen LogP contribution in [0.4, 0.5) is 0 Å². The van der Waals surface area contributed by atoms with Gasteiger partial charge in [0, 0.05) is 22.8 Å². The fraction of sp³-hybridized carbons (Fsp3) is 0.692. The van der Waals surface area contributed by atoms with Gasteiger partial charge in [-0.2, -0.15) is 4.31 Å². The second-order valence-corrected chi connectivity index (χ2v) is 8.55. The molecular formula is C13H18ClNO2S2. The zero-order valence-corrected chi connectivity index (χ0v) is 13.1. The molecule has 0 radical (unpaired) electrons. The molecule has 3 nitrogen and oxygen atoms in total. The van der Waals surface area contributed by atoms with Crippen molar-refractivity contribution in [2.24, 2.45) is 5.92 Å². The first-order valence-electron chi connectivity index (χ1n) is 6.78. The van der Waals surface area contributed by atoms with Crippen LogP contribution in [0.2, 0.25) is 0 Å². The molecule has 0 aromatic carbocycles. The molecule has 2 atom stereocenters. The maximum Gasteiger partial charge on any atom is 0.244 e. The molecule has 3 rings (SSSR count). The van der Waals surface area contributed by atoms with Gasteiger partial charge in [-0.05, 0) is 31.2 Å². The Labute approximate surface area is 123 Å². The summed E-state index contributed by atoms with van der Waals surface area (Å²) < 4.78 is 27.2. The second-order valence-electron chi connectivity index (χ2n) is 5.40. The van der Waals surface area contributed by atoms with Crippen LogP contribution in [0.5, 0.6) is 0 Å². The molecule has 0 amide bonds. The van der Waals surface area contributed by atoms with E-state index < -0.39 is 10.0 Å². The number of thiophene rings is 1. The average Bonchev–Trinajstić information content (AvgIpc) is 3.06. The number of alkyl halides is 1. The summed E-state index contributed by atoms with van der Waals surface area (Å²) in [6.45, 7) is 0.684. The minimum atomic E-state index is -3.31. The summed E-state index contributed by atoms with van der Waals surface area (Å²) in [5, 5.41) is 1.73. The first kappa shape index (κ1) is 13.9. The van der Waals surface area contributed by atoms with E-state index in [1.54, 1.807) is 15.8 Å². The van der Waals surface area contributed by atoms with Crippen LogP contribution in [0.25, 0.3) is 0 Å². The molecule has 0 N–H and O–H groups in total. The van der Waals surface area contributed by atoms with Crippen LogP contribution in [-0.4, -0.2) is 25.3 Å². The van der Waals surface area contributed by atoms with Gasteiger partial charge < -0.3 is 0 Å². The van der Waals surface area contributed by atoms with Crippen LogP contribution in [0.3, 0.4) is 0 Å². The first-order valence-corrected chi connectivity index (χ1v) is 9.63. The topological polar surface area (TPSA) is 37.4 Å². The maximum atomic E-state index is 12.7. The van der Waals surface area contributed by atoms with Crippen molar-refractivity contribution in [1.29, 1.82) is 0 Å². The fourth-order valence-electron chi connectivity index (χ4n) is 3.36. The number of sulfonamides is 1. The molecule has 6 heteroatoms. The third-order valence-electron chi connectivity index (χ3n) is 4.33. The molecule has 1 aliphatic carbocycles. The van der Waals surface area contributed by atoms with E-state index in [1.807, 2.05) is 0 Å². The van der Waals surface area contributed by atoms with Gasteiger partial charge in [0.25, 0.3) is 0 Å². The highest BCUT2D eigenvalue weighted by Gasteiger charge is 2.42. The zero-order valence-electron chi connectivity index (χ0n) is 10.7. The molecule has 0 bridgehead atoms. The van der Waals surface area contributed by atoms with Crippen LogP contribution in [0.15, 0.2) is 16.3 Å². The highest BCUT2D eigenvalue weighted by molar-refractivity contribution is 7.89. The van der Waals surface area contributed by atoms with Crippen LogP contribution in [-0.2, 0) is 15.9 Å². The molecule has 2 unspecified atom stereocenters. The standard InChI is InChI=1S/C13H18ClNO2S2/c14-8-11-7-12(9-18-11)19(16,17)15-6-5-10-3-1-2-4-13(10)15/h7,9-10,13H,1-6,8H2. The average molecular weight is 320 g/mol. The summed E-state index contributed by atoms with van der Waals surface area (Å²) in [6, 6.07) is 1.96. The Bertz CT molecular complexity index is 555. The minimum absolute atomic E-state index is 0.234. The van der Waals surface area contributed by atoms with Gasteiger partial charge in [0.2, 0.25) is 10.0 Å². The van der Waals surface area contributed by atoms with Gasteiger partial charge in [0.05, 0.1) is 10.8 Å². The highest BCUT2D eigenvalue weighted by Crippen LogP contribution is 2.39. The van der Waals surface area contributed by atoms with Crippen molar-refractivity contribution in [1.82, 2.24) is 4.31 Å². The van der Waals surface area contributed by atoms with Crippen molar-refractivity contribution in [2.75, 3.05) is 6.54 Å². The lowest BCUT2D eigenvalue weighted by atomic mass is 9.86. The summed E-state index contributed by atoms with van der Waals surface area (Å²) in [5.74, 6) is 0.960. The molecule has 2 fully saturated rings. The molecule has 1 aromatic rings. The lowest BCUT2D eigenvalue weighted by Crippen LogP contribution is -2.39. The third kappa shape index (κ3) is 2.46. The van der Waals surface area contributed by atoms with Gasteiger partial charge >= 0.3 is 0 Å². The smallest absolute Gasteiger partial charge is 0.207 e. The first-order chi connectivity index (χ1) is 9.13. The van der Waals surface area contributed by atoms with Crippen LogP contribution in [0.1, 0.15) is 37.0 Å². The molecule has 0 spiro atoms. The SMILES string of the molecule is O=S(=O)(c1csc(CCl)c1)N1CCC2CCCCC21. The van der Waals surface area contributed by atoms with E-state index in [0.717, 1.165) is 24.1 Å². The van der Waals surface area contributed by atoms with Gasteiger partial charge in [-0.15, -0.1) is 22.9 Å². The lowest BCUT2D eigenvalue weighted by molar-refractivity contribution is 0.260. The molecule has 2 aliphatic rings. The second kappa shape index (κ2) is 5.35. The normalized spacial score (nSPS) is 28.5. The predicted octanol–water partition coefficient (Wildman–Crippen LogP) is 3.44. The van der Waals surface area contributed by atoms with E-state index in [0.29, 0.717) is 23.2 Å². The van der Waals surface area contributed by atoms with Crippen molar-refractivity contribution in [3.05, 3.63) is 16.3 Å². The molecule has 1 aromatic heterocycles. The fourth-order valence-corrected chi connectivity index (χ4v) is 6.47. The highest BCUT2D eigenvalue weighted by atomic mass is 35.5. The van der Waals surface area contributed by atoms with E-state index in [1.165, 1.54) is 24.2 Å². The predicted molar refractivity (Wildman–Crippen MR) is 78.1 cm³/mol. The largest absolute Gasteiger partial charge is 0.244 e. The number of rotatable bonds is 3. The Hall–Kier alpha value is -0.100. The van der Waals surface area contributed by atoms with Crippen molar-refractivity contribution in [3.8, 4) is 0 Å². The minimum Gasteiger partial charge on any atom is -0.207 e. The Morgan fingerprint density at radius 1 is 1.32 bits per heavy atom. The molecule has 19 heavy (non-hydrogen) atoms. The Balaban J connectivity index is 1.88. The van der Waals surface area contributed by atoms with E-state index in [9.17, 15) is 8.42 Å². The number of hydrogen-bond donors (Lipinski definition) is 0. The number of hydrogen-bond acceptors (Lipinski definition) is 3. The molecule has 1 saturated heterocycles. The van der Waals surface area contributed by atoms with E-state index in [-0.39, 0.29) is 6.04 Å². The van der Waals surface area contributed by atoms with Crippen LogP contribution >= 0.6 is 22.9 Å². The van der Waals surface area contributed by atoms with E-state index in [4.69, 9.17) is 11.6 Å².